The summed E-state index contributed by atoms with van der Waals surface area (Å²) in [6.45, 7) is 4.07. The average Bonchev–Trinajstić information content (AvgIpc) is 2.92. The van der Waals surface area contributed by atoms with Crippen molar-refractivity contribution in [3.05, 3.63) is 22.8 Å². The molecule has 1 N–H and O–H groups in total. The molecular formula is C15H22N2O2. The lowest BCUT2D eigenvalue weighted by Gasteiger charge is -2.15. The fraction of sp³-hybridized carbons (Fsp3) is 0.667. The van der Waals surface area contributed by atoms with E-state index in [1.54, 1.807) is 0 Å². The number of aliphatic carboxylic acids is 1. The first-order chi connectivity index (χ1) is 9.15. The zero-order chi connectivity index (χ0) is 13.8. The standard InChI is InChI=1S/C15H22N2O2/c1-3-12-11(9-14(18)19)13(4-2)17-15(16-12)10-7-5-6-8-10/h10H,3-9H2,1-2H3,(H,18,19). The van der Waals surface area contributed by atoms with Gasteiger partial charge in [0, 0.05) is 22.9 Å². The van der Waals surface area contributed by atoms with Crippen molar-refractivity contribution in [1.82, 2.24) is 9.97 Å². The van der Waals surface area contributed by atoms with Gasteiger partial charge in [0.25, 0.3) is 0 Å². The van der Waals surface area contributed by atoms with Crippen molar-refractivity contribution in [2.24, 2.45) is 0 Å². The van der Waals surface area contributed by atoms with E-state index in [0.29, 0.717) is 5.92 Å². The number of aromatic nitrogens is 2. The lowest BCUT2D eigenvalue weighted by molar-refractivity contribution is -0.136. The van der Waals surface area contributed by atoms with E-state index in [-0.39, 0.29) is 6.42 Å². The van der Waals surface area contributed by atoms with Crippen molar-refractivity contribution in [3.8, 4) is 0 Å². The van der Waals surface area contributed by atoms with Gasteiger partial charge in [-0.05, 0) is 25.7 Å². The second-order valence-corrected chi connectivity index (χ2v) is 5.21. The maximum absolute atomic E-state index is 11.0. The summed E-state index contributed by atoms with van der Waals surface area (Å²) in [6.07, 6.45) is 6.45. The van der Waals surface area contributed by atoms with Gasteiger partial charge >= 0.3 is 5.97 Å². The van der Waals surface area contributed by atoms with Crippen LogP contribution < -0.4 is 0 Å². The highest BCUT2D eigenvalue weighted by atomic mass is 16.4. The van der Waals surface area contributed by atoms with Crippen LogP contribution >= 0.6 is 0 Å². The van der Waals surface area contributed by atoms with Crippen LogP contribution in [0.4, 0.5) is 0 Å². The molecule has 0 spiro atoms. The van der Waals surface area contributed by atoms with Crippen LogP contribution in [0.25, 0.3) is 0 Å². The van der Waals surface area contributed by atoms with Crippen LogP contribution in [-0.4, -0.2) is 21.0 Å². The van der Waals surface area contributed by atoms with Crippen molar-refractivity contribution >= 4 is 5.97 Å². The maximum Gasteiger partial charge on any atom is 0.307 e. The number of hydrogen-bond acceptors (Lipinski definition) is 3. The minimum absolute atomic E-state index is 0.0390. The van der Waals surface area contributed by atoms with Gasteiger partial charge in [-0.2, -0.15) is 0 Å². The minimum atomic E-state index is -0.804. The first kappa shape index (κ1) is 14.0. The molecular weight excluding hydrogens is 240 g/mol. The summed E-state index contributed by atoms with van der Waals surface area (Å²) < 4.78 is 0. The van der Waals surface area contributed by atoms with Crippen LogP contribution in [0.1, 0.15) is 68.2 Å². The number of carbonyl (C=O) groups is 1. The molecule has 4 nitrogen and oxygen atoms in total. The Kier molecular flexibility index (Phi) is 4.51. The second kappa shape index (κ2) is 6.13. The third-order valence-corrected chi connectivity index (χ3v) is 3.91. The van der Waals surface area contributed by atoms with Crippen molar-refractivity contribution in [3.63, 3.8) is 0 Å². The van der Waals surface area contributed by atoms with Crippen molar-refractivity contribution in [2.45, 2.75) is 64.7 Å². The molecule has 0 atom stereocenters. The summed E-state index contributed by atoms with van der Waals surface area (Å²) in [5, 5.41) is 9.03. The van der Waals surface area contributed by atoms with E-state index in [2.05, 4.69) is 9.97 Å². The summed E-state index contributed by atoms with van der Waals surface area (Å²) in [5.74, 6) is 0.622. The molecule has 0 radical (unpaired) electrons. The largest absolute Gasteiger partial charge is 0.481 e. The predicted octanol–water partition coefficient (Wildman–Crippen LogP) is 2.89. The monoisotopic (exact) mass is 262 g/mol. The van der Waals surface area contributed by atoms with Gasteiger partial charge in [-0.1, -0.05) is 26.7 Å². The quantitative estimate of drug-likeness (QED) is 0.886. The Morgan fingerprint density at radius 1 is 1.16 bits per heavy atom. The first-order valence-electron chi connectivity index (χ1n) is 7.26. The van der Waals surface area contributed by atoms with Crippen LogP contribution in [0.3, 0.4) is 0 Å². The fourth-order valence-electron chi connectivity index (χ4n) is 2.91. The van der Waals surface area contributed by atoms with Crippen LogP contribution in [-0.2, 0) is 24.1 Å². The summed E-state index contributed by atoms with van der Waals surface area (Å²) in [4.78, 5) is 20.3. The molecule has 0 aromatic carbocycles. The molecule has 0 bridgehead atoms. The molecule has 0 saturated heterocycles. The summed E-state index contributed by atoms with van der Waals surface area (Å²) in [7, 11) is 0. The van der Waals surface area contributed by atoms with E-state index in [0.717, 1.165) is 35.6 Å². The van der Waals surface area contributed by atoms with Gasteiger partial charge in [0.1, 0.15) is 5.82 Å². The van der Waals surface area contributed by atoms with Crippen LogP contribution in [0.5, 0.6) is 0 Å². The molecule has 1 aliphatic carbocycles. The molecule has 2 rings (SSSR count). The third-order valence-electron chi connectivity index (χ3n) is 3.91. The number of hydrogen-bond donors (Lipinski definition) is 1. The molecule has 104 valence electrons. The summed E-state index contributed by atoms with van der Waals surface area (Å²) in [6, 6.07) is 0. The van der Waals surface area contributed by atoms with E-state index < -0.39 is 5.97 Å². The average molecular weight is 262 g/mol. The van der Waals surface area contributed by atoms with Gasteiger partial charge in [-0.3, -0.25) is 4.79 Å². The van der Waals surface area contributed by atoms with Crippen LogP contribution in [0.15, 0.2) is 0 Å². The van der Waals surface area contributed by atoms with Gasteiger partial charge in [0.05, 0.1) is 6.42 Å². The topological polar surface area (TPSA) is 63.1 Å². The Balaban J connectivity index is 2.40. The number of aryl methyl sites for hydroxylation is 2. The molecule has 1 aliphatic rings. The van der Waals surface area contributed by atoms with E-state index >= 15 is 0 Å². The fourth-order valence-corrected chi connectivity index (χ4v) is 2.91. The summed E-state index contributed by atoms with van der Waals surface area (Å²) >= 11 is 0. The SMILES string of the molecule is CCc1nc(C2CCCC2)nc(CC)c1CC(=O)O. The van der Waals surface area contributed by atoms with E-state index in [1.807, 2.05) is 13.8 Å². The number of carboxylic acid groups (broad SMARTS) is 1. The zero-order valence-electron chi connectivity index (χ0n) is 11.8. The Hall–Kier alpha value is -1.45. The maximum atomic E-state index is 11.0. The molecule has 0 unspecified atom stereocenters. The highest BCUT2D eigenvalue weighted by Crippen LogP contribution is 2.33. The molecule has 1 aromatic rings. The molecule has 19 heavy (non-hydrogen) atoms. The summed E-state index contributed by atoms with van der Waals surface area (Å²) in [5.41, 5.74) is 2.69. The Labute approximate surface area is 114 Å². The zero-order valence-corrected chi connectivity index (χ0v) is 11.8. The Morgan fingerprint density at radius 3 is 2.11 bits per heavy atom. The van der Waals surface area contributed by atoms with E-state index in [4.69, 9.17) is 5.11 Å². The highest BCUT2D eigenvalue weighted by molar-refractivity contribution is 5.71. The molecule has 1 saturated carbocycles. The number of rotatable bonds is 5. The van der Waals surface area contributed by atoms with Gasteiger partial charge in [-0.25, -0.2) is 9.97 Å². The number of nitrogens with zero attached hydrogens (tertiary/aromatic N) is 2. The molecule has 0 aliphatic heterocycles. The van der Waals surface area contributed by atoms with Gasteiger partial charge in [0.15, 0.2) is 0 Å². The van der Waals surface area contributed by atoms with E-state index in [1.165, 1.54) is 25.7 Å². The minimum Gasteiger partial charge on any atom is -0.481 e. The molecule has 4 heteroatoms. The first-order valence-corrected chi connectivity index (χ1v) is 7.26. The van der Waals surface area contributed by atoms with Gasteiger partial charge < -0.3 is 5.11 Å². The molecule has 0 amide bonds. The van der Waals surface area contributed by atoms with Gasteiger partial charge in [-0.15, -0.1) is 0 Å². The lowest BCUT2D eigenvalue weighted by atomic mass is 10.0. The normalized spacial score (nSPS) is 15.9. The predicted molar refractivity (Wildman–Crippen MR) is 73.3 cm³/mol. The Bertz CT molecular complexity index is 440. The third kappa shape index (κ3) is 3.11. The van der Waals surface area contributed by atoms with Crippen molar-refractivity contribution in [2.75, 3.05) is 0 Å². The molecule has 1 fully saturated rings. The van der Waals surface area contributed by atoms with E-state index in [9.17, 15) is 4.79 Å². The van der Waals surface area contributed by atoms with Crippen molar-refractivity contribution < 1.29 is 9.90 Å². The second-order valence-electron chi connectivity index (χ2n) is 5.21. The van der Waals surface area contributed by atoms with Gasteiger partial charge in [0.2, 0.25) is 0 Å². The highest BCUT2D eigenvalue weighted by Gasteiger charge is 2.23. The lowest BCUT2D eigenvalue weighted by Crippen LogP contribution is -2.14. The van der Waals surface area contributed by atoms with Crippen LogP contribution in [0, 0.1) is 0 Å². The number of carboxylic acids is 1. The molecule has 1 heterocycles. The van der Waals surface area contributed by atoms with Crippen LogP contribution in [0.2, 0.25) is 0 Å². The smallest absolute Gasteiger partial charge is 0.307 e. The van der Waals surface area contributed by atoms with Crippen molar-refractivity contribution in [1.29, 1.82) is 0 Å². The Morgan fingerprint density at radius 2 is 1.68 bits per heavy atom. The molecule has 1 aromatic heterocycles.